The van der Waals surface area contributed by atoms with E-state index in [0.29, 0.717) is 13.1 Å². The van der Waals surface area contributed by atoms with Crippen molar-refractivity contribution in [1.29, 1.82) is 0 Å². The smallest absolute Gasteiger partial charge is 0.225 e. The number of hydrogen-bond donors (Lipinski definition) is 1. The van der Waals surface area contributed by atoms with Gasteiger partial charge in [0, 0.05) is 13.0 Å². The molecule has 0 spiro atoms. The largest absolute Gasteiger partial charge is 0.339 e. The third-order valence-corrected chi connectivity index (χ3v) is 4.37. The average Bonchev–Trinajstić information content (AvgIpc) is 2.85. The predicted molar refractivity (Wildman–Crippen MR) is 83.5 cm³/mol. The molecule has 0 radical (unpaired) electrons. The highest BCUT2D eigenvalue weighted by molar-refractivity contribution is 7.18. The first-order chi connectivity index (χ1) is 9.61. The lowest BCUT2D eigenvalue weighted by Gasteiger charge is -2.20. The van der Waals surface area contributed by atoms with E-state index in [1.807, 2.05) is 32.2 Å². The van der Waals surface area contributed by atoms with E-state index in [2.05, 4.69) is 11.1 Å². The lowest BCUT2D eigenvalue weighted by molar-refractivity contribution is -0.134. The summed E-state index contributed by atoms with van der Waals surface area (Å²) in [6.45, 7) is 3.18. The van der Waals surface area contributed by atoms with E-state index in [-0.39, 0.29) is 11.8 Å². The second-order valence-corrected chi connectivity index (χ2v) is 6.22. The van der Waals surface area contributed by atoms with Gasteiger partial charge in [-0.25, -0.2) is 4.98 Å². The SMILES string of the molecule is CC(CCCN)C(=O)N(C)Cc1nc2ccccc2s1. The summed E-state index contributed by atoms with van der Waals surface area (Å²) < 4.78 is 1.17. The summed E-state index contributed by atoms with van der Waals surface area (Å²) in [6, 6.07) is 8.05. The molecule has 0 aliphatic rings. The number of para-hydroxylation sites is 1. The van der Waals surface area contributed by atoms with Crippen LogP contribution in [0.5, 0.6) is 0 Å². The van der Waals surface area contributed by atoms with Gasteiger partial charge in [-0.3, -0.25) is 4.79 Å². The topological polar surface area (TPSA) is 59.2 Å². The summed E-state index contributed by atoms with van der Waals surface area (Å²) >= 11 is 1.65. The van der Waals surface area contributed by atoms with Gasteiger partial charge in [-0.15, -0.1) is 11.3 Å². The number of carbonyl (C=O) groups excluding carboxylic acids is 1. The molecule has 1 heterocycles. The Balaban J connectivity index is 1.99. The molecular weight excluding hydrogens is 270 g/mol. The van der Waals surface area contributed by atoms with E-state index in [0.717, 1.165) is 23.4 Å². The lowest BCUT2D eigenvalue weighted by atomic mass is 10.0. The van der Waals surface area contributed by atoms with Gasteiger partial charge >= 0.3 is 0 Å². The van der Waals surface area contributed by atoms with Gasteiger partial charge < -0.3 is 10.6 Å². The van der Waals surface area contributed by atoms with Gasteiger partial charge in [-0.1, -0.05) is 19.1 Å². The fourth-order valence-electron chi connectivity index (χ4n) is 2.19. The Morgan fingerprint density at radius 1 is 1.45 bits per heavy atom. The van der Waals surface area contributed by atoms with Gasteiger partial charge in [0.05, 0.1) is 16.8 Å². The molecule has 1 aromatic heterocycles. The van der Waals surface area contributed by atoms with Crippen LogP contribution in [0.1, 0.15) is 24.8 Å². The van der Waals surface area contributed by atoms with Crippen LogP contribution in [0.4, 0.5) is 0 Å². The average molecular weight is 291 g/mol. The molecule has 0 fully saturated rings. The number of amides is 1. The number of nitrogens with two attached hydrogens (primary N) is 1. The molecule has 1 unspecified atom stereocenters. The molecular formula is C15H21N3OS. The van der Waals surface area contributed by atoms with E-state index in [1.165, 1.54) is 4.70 Å². The molecule has 0 saturated carbocycles. The van der Waals surface area contributed by atoms with Gasteiger partial charge in [0.2, 0.25) is 5.91 Å². The molecule has 1 amide bonds. The zero-order valence-corrected chi connectivity index (χ0v) is 12.8. The van der Waals surface area contributed by atoms with Gasteiger partial charge in [0.15, 0.2) is 0 Å². The zero-order chi connectivity index (χ0) is 14.5. The number of nitrogens with zero attached hydrogens (tertiary/aromatic N) is 2. The predicted octanol–water partition coefficient (Wildman–Crippen LogP) is 2.63. The Bertz CT molecular complexity index is 548. The van der Waals surface area contributed by atoms with Crippen molar-refractivity contribution in [1.82, 2.24) is 9.88 Å². The third kappa shape index (κ3) is 3.55. The highest BCUT2D eigenvalue weighted by Gasteiger charge is 2.18. The van der Waals surface area contributed by atoms with Crippen LogP contribution in [0, 0.1) is 5.92 Å². The number of carbonyl (C=O) groups is 1. The maximum Gasteiger partial charge on any atom is 0.225 e. The molecule has 1 atom stereocenters. The van der Waals surface area contributed by atoms with Gasteiger partial charge in [-0.2, -0.15) is 0 Å². The quantitative estimate of drug-likeness (QED) is 0.890. The molecule has 108 valence electrons. The number of fused-ring (bicyclic) bond motifs is 1. The molecule has 2 aromatic rings. The first-order valence-corrected chi connectivity index (χ1v) is 7.73. The summed E-state index contributed by atoms with van der Waals surface area (Å²) in [6.07, 6.45) is 1.74. The second-order valence-electron chi connectivity index (χ2n) is 5.10. The summed E-state index contributed by atoms with van der Waals surface area (Å²) in [5.74, 6) is 0.190. The number of thiazole rings is 1. The lowest BCUT2D eigenvalue weighted by Crippen LogP contribution is -2.31. The monoisotopic (exact) mass is 291 g/mol. The van der Waals surface area contributed by atoms with E-state index in [9.17, 15) is 4.79 Å². The molecule has 0 bridgehead atoms. The van der Waals surface area contributed by atoms with Crippen molar-refractivity contribution in [2.24, 2.45) is 11.7 Å². The van der Waals surface area contributed by atoms with Crippen LogP contribution in [0.15, 0.2) is 24.3 Å². The normalized spacial score (nSPS) is 12.6. The van der Waals surface area contributed by atoms with Crippen molar-refractivity contribution < 1.29 is 4.79 Å². The number of aromatic nitrogens is 1. The fourth-order valence-corrected chi connectivity index (χ4v) is 3.21. The van der Waals surface area contributed by atoms with Crippen molar-refractivity contribution in [3.05, 3.63) is 29.3 Å². The Morgan fingerprint density at radius 2 is 2.20 bits per heavy atom. The molecule has 2 rings (SSSR count). The van der Waals surface area contributed by atoms with Crippen LogP contribution in [0.2, 0.25) is 0 Å². The van der Waals surface area contributed by atoms with E-state index >= 15 is 0 Å². The van der Waals surface area contributed by atoms with Crippen LogP contribution in [0.25, 0.3) is 10.2 Å². The van der Waals surface area contributed by atoms with Crippen LogP contribution < -0.4 is 5.73 Å². The minimum Gasteiger partial charge on any atom is -0.339 e. The van der Waals surface area contributed by atoms with E-state index in [1.54, 1.807) is 16.2 Å². The van der Waals surface area contributed by atoms with Crippen molar-refractivity contribution in [3.63, 3.8) is 0 Å². The summed E-state index contributed by atoms with van der Waals surface area (Å²) in [5.41, 5.74) is 6.49. The summed E-state index contributed by atoms with van der Waals surface area (Å²) in [7, 11) is 1.84. The zero-order valence-electron chi connectivity index (χ0n) is 12.0. The first-order valence-electron chi connectivity index (χ1n) is 6.91. The Kier molecular flexibility index (Phi) is 5.09. The van der Waals surface area contributed by atoms with Crippen molar-refractivity contribution in [2.75, 3.05) is 13.6 Å². The van der Waals surface area contributed by atoms with Crippen LogP contribution >= 0.6 is 11.3 Å². The summed E-state index contributed by atoms with van der Waals surface area (Å²) in [4.78, 5) is 18.6. The molecule has 0 saturated heterocycles. The van der Waals surface area contributed by atoms with Crippen LogP contribution in [0.3, 0.4) is 0 Å². The Morgan fingerprint density at radius 3 is 2.90 bits per heavy atom. The fraction of sp³-hybridized carbons (Fsp3) is 0.467. The van der Waals surface area contributed by atoms with E-state index < -0.39 is 0 Å². The number of rotatable bonds is 6. The second kappa shape index (κ2) is 6.81. The van der Waals surface area contributed by atoms with Crippen molar-refractivity contribution >= 4 is 27.5 Å². The molecule has 1 aromatic carbocycles. The highest BCUT2D eigenvalue weighted by Crippen LogP contribution is 2.22. The van der Waals surface area contributed by atoms with Crippen LogP contribution in [-0.2, 0) is 11.3 Å². The van der Waals surface area contributed by atoms with E-state index in [4.69, 9.17) is 5.73 Å². The molecule has 2 N–H and O–H groups in total. The Labute approximate surface area is 123 Å². The molecule has 0 aliphatic carbocycles. The van der Waals surface area contributed by atoms with Gasteiger partial charge in [0.1, 0.15) is 5.01 Å². The number of hydrogen-bond acceptors (Lipinski definition) is 4. The third-order valence-electron chi connectivity index (χ3n) is 3.35. The molecule has 5 heteroatoms. The standard InChI is InChI=1S/C15H21N3OS/c1-11(6-5-9-16)15(19)18(2)10-14-17-12-7-3-4-8-13(12)20-14/h3-4,7-8,11H,5-6,9-10,16H2,1-2H3. The van der Waals surface area contributed by atoms with Gasteiger partial charge in [0.25, 0.3) is 0 Å². The Hall–Kier alpha value is -1.46. The van der Waals surface area contributed by atoms with Gasteiger partial charge in [-0.05, 0) is 31.5 Å². The van der Waals surface area contributed by atoms with Crippen molar-refractivity contribution in [3.8, 4) is 0 Å². The van der Waals surface area contributed by atoms with Crippen LogP contribution in [-0.4, -0.2) is 29.4 Å². The molecule has 4 nitrogen and oxygen atoms in total. The molecule has 0 aliphatic heterocycles. The highest BCUT2D eigenvalue weighted by atomic mass is 32.1. The minimum atomic E-state index is 0.0259. The molecule has 20 heavy (non-hydrogen) atoms. The maximum absolute atomic E-state index is 12.2. The maximum atomic E-state index is 12.2. The van der Waals surface area contributed by atoms with Crippen molar-refractivity contribution in [2.45, 2.75) is 26.3 Å². The number of benzene rings is 1. The summed E-state index contributed by atoms with van der Waals surface area (Å²) in [5, 5.41) is 0.980. The first kappa shape index (κ1) is 14.9. The minimum absolute atomic E-state index is 0.0259.